The molecular formula is C29H32N2O6. The van der Waals surface area contributed by atoms with Crippen molar-refractivity contribution in [2.45, 2.75) is 51.1 Å². The molecule has 3 aromatic rings. The van der Waals surface area contributed by atoms with Crippen LogP contribution in [0.4, 0.5) is 5.69 Å². The van der Waals surface area contributed by atoms with E-state index in [1.807, 2.05) is 31.2 Å². The standard InChI is InChI=1S/C29H32N2O6/c1-2-34-23-13-10-20(11-14-23)27(28(32)30-21-7-4-3-5-8-21)31(29(33)25-9-6-16-35-25)22-12-15-24-26(19-22)37-18-17-36-24/h6,9-16,19,21,27H,2-5,7-8,17-18H2,1H3,(H,30,32)/t27-/m0/s1. The third kappa shape index (κ3) is 5.58. The van der Waals surface area contributed by atoms with Crippen LogP contribution in [0.3, 0.4) is 0 Å². The number of carbonyl (C=O) groups is 2. The molecule has 0 saturated heterocycles. The lowest BCUT2D eigenvalue weighted by atomic mass is 9.94. The monoisotopic (exact) mass is 504 g/mol. The van der Waals surface area contributed by atoms with Crippen molar-refractivity contribution in [3.05, 3.63) is 72.2 Å². The van der Waals surface area contributed by atoms with Gasteiger partial charge >= 0.3 is 0 Å². The van der Waals surface area contributed by atoms with Crippen molar-refractivity contribution >= 4 is 17.5 Å². The van der Waals surface area contributed by atoms with Crippen LogP contribution in [0.5, 0.6) is 17.2 Å². The molecule has 8 nitrogen and oxygen atoms in total. The van der Waals surface area contributed by atoms with Gasteiger partial charge in [0.2, 0.25) is 5.91 Å². The number of ether oxygens (including phenoxy) is 3. The van der Waals surface area contributed by atoms with Crippen molar-refractivity contribution in [1.82, 2.24) is 5.32 Å². The molecule has 2 aromatic carbocycles. The lowest BCUT2D eigenvalue weighted by molar-refractivity contribution is -0.123. The summed E-state index contributed by atoms with van der Waals surface area (Å²) >= 11 is 0. The van der Waals surface area contributed by atoms with Crippen LogP contribution in [0, 0.1) is 0 Å². The smallest absolute Gasteiger partial charge is 0.294 e. The fourth-order valence-corrected chi connectivity index (χ4v) is 4.94. The van der Waals surface area contributed by atoms with Crippen LogP contribution < -0.4 is 24.4 Å². The minimum atomic E-state index is -0.947. The summed E-state index contributed by atoms with van der Waals surface area (Å²) in [7, 11) is 0. The zero-order valence-electron chi connectivity index (χ0n) is 21.0. The van der Waals surface area contributed by atoms with E-state index >= 15 is 0 Å². The fourth-order valence-electron chi connectivity index (χ4n) is 4.94. The molecule has 194 valence electrons. The highest BCUT2D eigenvalue weighted by Crippen LogP contribution is 2.38. The zero-order chi connectivity index (χ0) is 25.6. The van der Waals surface area contributed by atoms with Gasteiger partial charge in [-0.25, -0.2) is 0 Å². The number of carbonyl (C=O) groups excluding carboxylic acids is 2. The highest BCUT2D eigenvalue weighted by atomic mass is 16.6. The van der Waals surface area contributed by atoms with E-state index in [4.69, 9.17) is 18.6 Å². The van der Waals surface area contributed by atoms with Crippen LogP contribution in [0.15, 0.2) is 65.3 Å². The molecule has 0 bridgehead atoms. The van der Waals surface area contributed by atoms with Crippen LogP contribution >= 0.6 is 0 Å². The maximum atomic E-state index is 14.0. The number of benzene rings is 2. The zero-order valence-corrected chi connectivity index (χ0v) is 21.0. The number of hydrogen-bond donors (Lipinski definition) is 1. The molecule has 1 fully saturated rings. The first-order valence-electron chi connectivity index (χ1n) is 12.9. The second-order valence-corrected chi connectivity index (χ2v) is 9.23. The van der Waals surface area contributed by atoms with Crippen molar-refractivity contribution in [1.29, 1.82) is 0 Å². The topological polar surface area (TPSA) is 90.2 Å². The Balaban J connectivity index is 1.58. The van der Waals surface area contributed by atoms with Crippen LogP contribution in [0.1, 0.15) is 61.2 Å². The van der Waals surface area contributed by atoms with Crippen molar-refractivity contribution < 1.29 is 28.2 Å². The van der Waals surface area contributed by atoms with Gasteiger partial charge in [-0.1, -0.05) is 31.4 Å². The maximum absolute atomic E-state index is 14.0. The van der Waals surface area contributed by atoms with E-state index in [1.165, 1.54) is 17.6 Å². The van der Waals surface area contributed by atoms with Gasteiger partial charge in [-0.15, -0.1) is 0 Å². The van der Waals surface area contributed by atoms with Gasteiger partial charge in [0.25, 0.3) is 5.91 Å². The number of fused-ring (bicyclic) bond motifs is 1. The molecule has 1 aliphatic carbocycles. The second kappa shape index (κ2) is 11.4. The van der Waals surface area contributed by atoms with Gasteiger partial charge < -0.3 is 23.9 Å². The van der Waals surface area contributed by atoms with E-state index in [2.05, 4.69) is 5.32 Å². The van der Waals surface area contributed by atoms with E-state index in [-0.39, 0.29) is 17.7 Å². The van der Waals surface area contributed by atoms with Crippen LogP contribution in [-0.2, 0) is 4.79 Å². The molecule has 1 atom stereocenters. The molecule has 8 heteroatoms. The minimum Gasteiger partial charge on any atom is -0.494 e. The fraction of sp³-hybridized carbons (Fsp3) is 0.379. The molecule has 0 spiro atoms. The van der Waals surface area contributed by atoms with Crippen LogP contribution in [0.25, 0.3) is 0 Å². The predicted octanol–water partition coefficient (Wildman–Crippen LogP) is 5.29. The first-order valence-corrected chi connectivity index (χ1v) is 12.9. The van der Waals surface area contributed by atoms with E-state index in [0.717, 1.165) is 25.7 Å². The minimum absolute atomic E-state index is 0.0762. The van der Waals surface area contributed by atoms with Crippen LogP contribution in [0.2, 0.25) is 0 Å². The SMILES string of the molecule is CCOc1ccc([C@@H](C(=O)NC2CCCCC2)N(C(=O)c2ccco2)c2ccc3c(c2)OCCO3)cc1. The van der Waals surface area contributed by atoms with E-state index in [0.29, 0.717) is 48.3 Å². The molecule has 0 radical (unpaired) electrons. The molecule has 1 aromatic heterocycles. The molecule has 37 heavy (non-hydrogen) atoms. The van der Waals surface area contributed by atoms with Gasteiger partial charge in [0.1, 0.15) is 25.0 Å². The summed E-state index contributed by atoms with van der Waals surface area (Å²) < 4.78 is 22.6. The molecule has 5 rings (SSSR count). The molecule has 2 heterocycles. The third-order valence-electron chi connectivity index (χ3n) is 6.72. The summed E-state index contributed by atoms with van der Waals surface area (Å²) in [5, 5.41) is 3.22. The van der Waals surface area contributed by atoms with Gasteiger partial charge in [-0.2, -0.15) is 0 Å². The summed E-state index contributed by atoms with van der Waals surface area (Å²) in [6.07, 6.45) is 6.64. The van der Waals surface area contributed by atoms with Crippen molar-refractivity contribution in [2.24, 2.45) is 0 Å². The molecule has 2 aliphatic rings. The number of nitrogens with one attached hydrogen (secondary N) is 1. The van der Waals surface area contributed by atoms with Gasteiger partial charge in [0.15, 0.2) is 17.3 Å². The predicted molar refractivity (Wildman–Crippen MR) is 138 cm³/mol. The Kier molecular flexibility index (Phi) is 7.63. The highest BCUT2D eigenvalue weighted by molar-refractivity contribution is 6.08. The number of rotatable bonds is 8. The average Bonchev–Trinajstić information content (AvgIpc) is 3.48. The Morgan fingerprint density at radius 1 is 1.00 bits per heavy atom. The number of furan rings is 1. The summed E-state index contributed by atoms with van der Waals surface area (Å²) in [5.41, 5.74) is 1.16. The first-order chi connectivity index (χ1) is 18.1. The van der Waals surface area contributed by atoms with Gasteiger partial charge in [0, 0.05) is 17.8 Å². The molecule has 2 amide bonds. The van der Waals surface area contributed by atoms with Crippen molar-refractivity contribution in [3.8, 4) is 17.2 Å². The first kappa shape index (κ1) is 24.7. The summed E-state index contributed by atoms with van der Waals surface area (Å²) in [6.45, 7) is 3.32. The van der Waals surface area contributed by atoms with Gasteiger partial charge in [0.05, 0.1) is 12.9 Å². The Morgan fingerprint density at radius 2 is 1.76 bits per heavy atom. The second-order valence-electron chi connectivity index (χ2n) is 9.23. The Bertz CT molecular complexity index is 1200. The van der Waals surface area contributed by atoms with E-state index in [9.17, 15) is 9.59 Å². The lowest BCUT2D eigenvalue weighted by Crippen LogP contribution is -2.47. The molecule has 1 aliphatic heterocycles. The van der Waals surface area contributed by atoms with E-state index < -0.39 is 11.9 Å². The Labute approximate surface area is 216 Å². The third-order valence-corrected chi connectivity index (χ3v) is 6.72. The van der Waals surface area contributed by atoms with Crippen molar-refractivity contribution in [2.75, 3.05) is 24.7 Å². The number of amides is 2. The molecular weight excluding hydrogens is 472 g/mol. The number of hydrogen-bond acceptors (Lipinski definition) is 6. The molecule has 1 N–H and O–H groups in total. The number of anilines is 1. The van der Waals surface area contributed by atoms with Crippen molar-refractivity contribution in [3.63, 3.8) is 0 Å². The molecule has 1 saturated carbocycles. The number of nitrogens with zero attached hydrogens (tertiary/aromatic N) is 1. The largest absolute Gasteiger partial charge is 0.494 e. The van der Waals surface area contributed by atoms with Crippen LogP contribution in [-0.4, -0.2) is 37.7 Å². The van der Waals surface area contributed by atoms with Gasteiger partial charge in [-0.05, 0) is 61.7 Å². The quantitative estimate of drug-likeness (QED) is 0.449. The maximum Gasteiger partial charge on any atom is 0.294 e. The summed E-state index contributed by atoms with van der Waals surface area (Å²) in [4.78, 5) is 29.4. The molecule has 0 unspecified atom stereocenters. The lowest BCUT2D eigenvalue weighted by Gasteiger charge is -2.33. The highest BCUT2D eigenvalue weighted by Gasteiger charge is 2.36. The normalized spacial score (nSPS) is 16.0. The summed E-state index contributed by atoms with van der Waals surface area (Å²) in [6, 6.07) is 15.0. The Hall–Kier alpha value is -3.94. The summed E-state index contributed by atoms with van der Waals surface area (Å²) in [5.74, 6) is 1.28. The average molecular weight is 505 g/mol. The van der Waals surface area contributed by atoms with E-state index in [1.54, 1.807) is 30.3 Å². The van der Waals surface area contributed by atoms with Gasteiger partial charge in [-0.3, -0.25) is 14.5 Å². The Morgan fingerprint density at radius 3 is 2.46 bits per heavy atom.